The number of nitrogens with one attached hydrogen (secondary N) is 1. The lowest BCUT2D eigenvalue weighted by Gasteiger charge is -2.19. The van der Waals surface area contributed by atoms with E-state index in [-0.39, 0.29) is 17.9 Å². The van der Waals surface area contributed by atoms with Gasteiger partial charge in [-0.05, 0) is 39.0 Å². The van der Waals surface area contributed by atoms with Gasteiger partial charge in [0.05, 0.1) is 10.6 Å². The number of amides is 1. The van der Waals surface area contributed by atoms with E-state index in [0.717, 1.165) is 0 Å². The van der Waals surface area contributed by atoms with Gasteiger partial charge in [-0.2, -0.15) is 5.10 Å². The zero-order valence-electron chi connectivity index (χ0n) is 14.1. The summed E-state index contributed by atoms with van der Waals surface area (Å²) in [5, 5.41) is 17.2. The van der Waals surface area contributed by atoms with E-state index in [0.29, 0.717) is 5.69 Å². The molecule has 25 heavy (non-hydrogen) atoms. The number of ether oxygens (including phenoxy) is 1. The largest absolute Gasteiger partial charge is 0.459 e. The molecular weight excluding hydrogens is 328 g/mol. The van der Waals surface area contributed by atoms with Crippen molar-refractivity contribution in [2.75, 3.05) is 6.54 Å². The Morgan fingerprint density at radius 3 is 2.44 bits per heavy atom. The Hall–Kier alpha value is -3.23. The van der Waals surface area contributed by atoms with Gasteiger partial charge >= 0.3 is 5.97 Å². The summed E-state index contributed by atoms with van der Waals surface area (Å²) < 4.78 is 6.50. The van der Waals surface area contributed by atoms with Gasteiger partial charge in [-0.3, -0.25) is 19.7 Å². The number of hydrogen-bond donors (Lipinski definition) is 1. The molecule has 1 aromatic heterocycles. The van der Waals surface area contributed by atoms with E-state index in [4.69, 9.17) is 4.74 Å². The smallest absolute Gasteiger partial charge is 0.325 e. The van der Waals surface area contributed by atoms with Crippen LogP contribution in [0.2, 0.25) is 0 Å². The summed E-state index contributed by atoms with van der Waals surface area (Å²) in [6, 6.07) is 7.21. The van der Waals surface area contributed by atoms with Crippen molar-refractivity contribution in [2.24, 2.45) is 0 Å². The van der Waals surface area contributed by atoms with Gasteiger partial charge in [0.2, 0.25) is 0 Å². The van der Waals surface area contributed by atoms with Crippen LogP contribution in [0.4, 0.5) is 5.69 Å². The van der Waals surface area contributed by atoms with Crippen LogP contribution < -0.4 is 5.32 Å². The molecule has 2 aromatic rings. The summed E-state index contributed by atoms with van der Waals surface area (Å²) in [6.45, 7) is 4.94. The van der Waals surface area contributed by atoms with Gasteiger partial charge in [-0.25, -0.2) is 4.68 Å². The fourth-order valence-corrected chi connectivity index (χ4v) is 1.94. The van der Waals surface area contributed by atoms with Crippen molar-refractivity contribution in [3.63, 3.8) is 0 Å². The molecule has 0 spiro atoms. The summed E-state index contributed by atoms with van der Waals surface area (Å²) in [4.78, 5) is 33.8. The zero-order valence-corrected chi connectivity index (χ0v) is 14.1. The maximum absolute atomic E-state index is 12.0. The van der Waals surface area contributed by atoms with Crippen molar-refractivity contribution in [1.82, 2.24) is 15.1 Å². The Bertz CT molecular complexity index is 790. The van der Waals surface area contributed by atoms with Crippen LogP contribution in [0.3, 0.4) is 0 Å². The standard InChI is InChI=1S/C16H18N4O5/c1-16(2,3)25-14(21)10-17-15(22)13-8-9-19(18-13)11-4-6-12(7-5-11)20(23)24/h4-9H,10H2,1-3H3,(H,17,22). The Balaban J connectivity index is 1.99. The molecular formula is C16H18N4O5. The van der Waals surface area contributed by atoms with Gasteiger partial charge in [0, 0.05) is 18.3 Å². The summed E-state index contributed by atoms with van der Waals surface area (Å²) in [6.07, 6.45) is 1.55. The van der Waals surface area contributed by atoms with Crippen LogP contribution in [0.5, 0.6) is 0 Å². The molecule has 0 saturated heterocycles. The third-order valence-corrected chi connectivity index (χ3v) is 2.96. The minimum atomic E-state index is -0.626. The van der Waals surface area contributed by atoms with Crippen LogP contribution in [-0.4, -0.2) is 38.7 Å². The topological polar surface area (TPSA) is 116 Å². The van der Waals surface area contributed by atoms with Crippen LogP contribution in [0.25, 0.3) is 5.69 Å². The van der Waals surface area contributed by atoms with Gasteiger partial charge in [0.15, 0.2) is 5.69 Å². The molecule has 1 heterocycles. The van der Waals surface area contributed by atoms with Gasteiger partial charge in [0.1, 0.15) is 12.1 Å². The minimum absolute atomic E-state index is 0.0359. The van der Waals surface area contributed by atoms with Crippen LogP contribution in [0, 0.1) is 10.1 Å². The number of benzene rings is 1. The third kappa shape index (κ3) is 5.13. The van der Waals surface area contributed by atoms with Gasteiger partial charge in [0.25, 0.3) is 11.6 Å². The Labute approximate surface area is 143 Å². The number of carbonyl (C=O) groups excluding carboxylic acids is 2. The van der Waals surface area contributed by atoms with Crippen molar-refractivity contribution in [3.8, 4) is 5.69 Å². The van der Waals surface area contributed by atoms with E-state index in [2.05, 4.69) is 10.4 Å². The Morgan fingerprint density at radius 1 is 1.24 bits per heavy atom. The highest BCUT2D eigenvalue weighted by Crippen LogP contribution is 2.15. The lowest BCUT2D eigenvalue weighted by Crippen LogP contribution is -2.34. The molecule has 9 nitrogen and oxygen atoms in total. The van der Waals surface area contributed by atoms with E-state index < -0.39 is 22.4 Å². The average molecular weight is 346 g/mol. The number of rotatable bonds is 5. The van der Waals surface area contributed by atoms with E-state index >= 15 is 0 Å². The number of esters is 1. The van der Waals surface area contributed by atoms with Crippen molar-refractivity contribution in [1.29, 1.82) is 0 Å². The molecule has 0 bridgehead atoms. The first-order valence-electron chi connectivity index (χ1n) is 7.46. The predicted octanol–water partition coefficient (Wildman–Crippen LogP) is 1.85. The summed E-state index contributed by atoms with van der Waals surface area (Å²) in [5.74, 6) is -1.07. The zero-order chi connectivity index (χ0) is 18.6. The van der Waals surface area contributed by atoms with E-state index in [1.54, 1.807) is 27.0 Å². The molecule has 1 N–H and O–H groups in total. The van der Waals surface area contributed by atoms with Gasteiger partial charge < -0.3 is 10.1 Å². The van der Waals surface area contributed by atoms with Crippen LogP contribution in [-0.2, 0) is 9.53 Å². The number of non-ortho nitro benzene ring substituents is 1. The number of nitrogens with zero attached hydrogens (tertiary/aromatic N) is 3. The molecule has 132 valence electrons. The highest BCUT2D eigenvalue weighted by molar-refractivity contribution is 5.94. The normalized spacial score (nSPS) is 11.0. The summed E-state index contributed by atoms with van der Waals surface area (Å²) >= 11 is 0. The predicted molar refractivity (Wildman–Crippen MR) is 88.4 cm³/mol. The molecule has 0 aliphatic rings. The lowest BCUT2D eigenvalue weighted by molar-refractivity contribution is -0.384. The Morgan fingerprint density at radius 2 is 1.88 bits per heavy atom. The first kappa shape index (κ1) is 18.1. The van der Waals surface area contributed by atoms with Crippen LogP contribution in [0.15, 0.2) is 36.5 Å². The number of nitro groups is 1. The van der Waals surface area contributed by atoms with Gasteiger partial charge in [-0.1, -0.05) is 0 Å². The van der Waals surface area contributed by atoms with Crippen LogP contribution in [0.1, 0.15) is 31.3 Å². The van der Waals surface area contributed by atoms with Crippen molar-refractivity contribution >= 4 is 17.6 Å². The maximum atomic E-state index is 12.0. The maximum Gasteiger partial charge on any atom is 0.325 e. The minimum Gasteiger partial charge on any atom is -0.459 e. The molecule has 0 unspecified atom stereocenters. The molecule has 9 heteroatoms. The summed E-state index contributed by atoms with van der Waals surface area (Å²) in [5.41, 5.74) is 0.0178. The van der Waals surface area contributed by atoms with E-state index in [1.165, 1.54) is 35.0 Å². The number of carbonyl (C=O) groups is 2. The van der Waals surface area contributed by atoms with E-state index in [9.17, 15) is 19.7 Å². The molecule has 1 aromatic carbocycles. The number of nitro benzene ring substituents is 1. The van der Waals surface area contributed by atoms with Crippen molar-refractivity contribution < 1.29 is 19.2 Å². The molecule has 0 fully saturated rings. The fourth-order valence-electron chi connectivity index (χ4n) is 1.94. The Kier molecular flexibility index (Phi) is 5.16. The average Bonchev–Trinajstić information content (AvgIpc) is 3.01. The number of aromatic nitrogens is 2. The fraction of sp³-hybridized carbons (Fsp3) is 0.312. The molecule has 0 aliphatic carbocycles. The molecule has 0 aliphatic heterocycles. The second-order valence-corrected chi connectivity index (χ2v) is 6.19. The third-order valence-electron chi connectivity index (χ3n) is 2.96. The SMILES string of the molecule is CC(C)(C)OC(=O)CNC(=O)c1ccn(-c2ccc([N+](=O)[O-])cc2)n1. The van der Waals surface area contributed by atoms with Crippen LogP contribution >= 0.6 is 0 Å². The molecule has 0 atom stereocenters. The molecule has 1 amide bonds. The molecule has 0 radical (unpaired) electrons. The first-order valence-corrected chi connectivity index (χ1v) is 7.46. The van der Waals surface area contributed by atoms with Crippen molar-refractivity contribution in [2.45, 2.75) is 26.4 Å². The molecule has 0 saturated carbocycles. The summed E-state index contributed by atoms with van der Waals surface area (Å²) in [7, 11) is 0. The van der Waals surface area contributed by atoms with Gasteiger partial charge in [-0.15, -0.1) is 0 Å². The molecule has 2 rings (SSSR count). The number of hydrogen-bond acceptors (Lipinski definition) is 6. The lowest BCUT2D eigenvalue weighted by atomic mass is 10.2. The monoisotopic (exact) mass is 346 g/mol. The van der Waals surface area contributed by atoms with E-state index in [1.807, 2.05) is 0 Å². The second-order valence-electron chi connectivity index (χ2n) is 6.19. The quantitative estimate of drug-likeness (QED) is 0.502. The highest BCUT2D eigenvalue weighted by Gasteiger charge is 2.18. The highest BCUT2D eigenvalue weighted by atomic mass is 16.6. The second kappa shape index (κ2) is 7.12. The first-order chi connectivity index (χ1) is 11.7. The van der Waals surface area contributed by atoms with Crippen molar-refractivity contribution in [3.05, 3.63) is 52.3 Å².